The molecule has 0 aromatic rings. The van der Waals surface area contributed by atoms with Crippen molar-refractivity contribution in [1.82, 2.24) is 0 Å². The van der Waals surface area contributed by atoms with Gasteiger partial charge in [-0.15, -0.1) is 0 Å². The third-order valence-corrected chi connectivity index (χ3v) is 0.818. The van der Waals surface area contributed by atoms with Gasteiger partial charge in [-0.3, -0.25) is 10.1 Å². The third kappa shape index (κ3) is 2.76. The highest BCUT2D eigenvalue weighted by atomic mass is 16.6. The second-order valence-electron chi connectivity index (χ2n) is 1.52. The van der Waals surface area contributed by atoms with E-state index in [1.54, 1.807) is 13.0 Å². The lowest BCUT2D eigenvalue weighted by atomic mass is 10.4. The third-order valence-electron chi connectivity index (χ3n) is 0.818. The Balaban J connectivity index is 4.33. The topological polar surface area (TPSA) is 67.0 Å². The molecular weight excluding hydrogens is 132 g/mol. The lowest BCUT2D eigenvalue weighted by molar-refractivity contribution is -0.414. The van der Waals surface area contributed by atoms with Crippen molar-refractivity contribution in [2.75, 3.05) is 0 Å². The Labute approximate surface area is 58.5 Å². The van der Waals surface area contributed by atoms with E-state index in [0.717, 1.165) is 0 Å². The minimum absolute atomic E-state index is 0.210. The smallest absolute Gasteiger partial charge is 0.286 e. The Kier molecular flexibility index (Phi) is 3.79. The molecule has 0 aliphatic heterocycles. The van der Waals surface area contributed by atoms with Crippen LogP contribution in [-0.4, -0.2) is 11.1 Å². The number of hydrogen-bond donors (Lipinski definition) is 1. The van der Waals surface area contributed by atoms with Crippen LogP contribution in [0.5, 0.6) is 0 Å². The zero-order valence-electron chi connectivity index (χ0n) is 5.57. The van der Waals surface area contributed by atoms with Crippen molar-refractivity contribution in [2.45, 2.75) is 6.92 Å². The lowest BCUT2D eigenvalue weighted by Gasteiger charge is -1.84. The summed E-state index contributed by atoms with van der Waals surface area (Å²) in [5.74, 6) is 0. The van der Waals surface area contributed by atoms with Crippen LogP contribution in [0.25, 0.3) is 0 Å². The van der Waals surface area contributed by atoms with E-state index in [0.29, 0.717) is 6.21 Å². The van der Waals surface area contributed by atoms with Crippen molar-refractivity contribution in [1.29, 1.82) is 5.41 Å². The summed E-state index contributed by atoms with van der Waals surface area (Å²) in [4.78, 5) is 9.38. The molecule has 0 radical (unpaired) electrons. The minimum atomic E-state index is -0.604. The van der Waals surface area contributed by atoms with Gasteiger partial charge in [-0.05, 0) is 6.92 Å². The molecule has 0 rings (SSSR count). The maximum Gasteiger partial charge on any atom is 0.286 e. The summed E-state index contributed by atoms with van der Waals surface area (Å²) in [5, 5.41) is 16.6. The second kappa shape index (κ2) is 4.43. The fourth-order valence-corrected chi connectivity index (χ4v) is 0.356. The quantitative estimate of drug-likeness (QED) is 0.278. The van der Waals surface area contributed by atoms with Gasteiger partial charge < -0.3 is 5.41 Å². The summed E-state index contributed by atoms with van der Waals surface area (Å²) in [6.07, 6.45) is 5.16. The van der Waals surface area contributed by atoms with Crippen LogP contribution in [0, 0.1) is 15.5 Å². The Bertz CT molecular complexity index is 194. The van der Waals surface area contributed by atoms with E-state index in [2.05, 4.69) is 0 Å². The molecule has 0 aliphatic rings. The van der Waals surface area contributed by atoms with Gasteiger partial charge in [-0.25, -0.2) is 0 Å². The van der Waals surface area contributed by atoms with Crippen molar-refractivity contribution in [2.24, 2.45) is 0 Å². The Morgan fingerprint density at radius 1 is 1.70 bits per heavy atom. The molecule has 0 saturated carbocycles. The molecule has 0 spiro atoms. The van der Waals surface area contributed by atoms with Crippen LogP contribution in [-0.2, 0) is 0 Å². The summed E-state index contributed by atoms with van der Waals surface area (Å²) in [5.41, 5.74) is -0.210. The second-order valence-corrected chi connectivity index (χ2v) is 1.52. The molecule has 4 heteroatoms. The first kappa shape index (κ1) is 8.55. The first-order valence-corrected chi connectivity index (χ1v) is 2.70. The molecule has 1 N–H and O–H groups in total. The van der Waals surface area contributed by atoms with Crippen molar-refractivity contribution in [3.63, 3.8) is 0 Å². The van der Waals surface area contributed by atoms with Gasteiger partial charge in [0, 0.05) is 6.08 Å². The van der Waals surface area contributed by atoms with Crippen LogP contribution in [0.3, 0.4) is 0 Å². The molecule has 0 aromatic heterocycles. The van der Waals surface area contributed by atoms with Gasteiger partial charge in [-0.2, -0.15) is 0 Å². The van der Waals surface area contributed by atoms with Gasteiger partial charge in [-0.1, -0.05) is 12.2 Å². The van der Waals surface area contributed by atoms with E-state index < -0.39 is 4.92 Å². The zero-order chi connectivity index (χ0) is 7.98. The summed E-state index contributed by atoms with van der Waals surface area (Å²) in [7, 11) is 0. The average molecular weight is 140 g/mol. The van der Waals surface area contributed by atoms with Crippen LogP contribution >= 0.6 is 0 Å². The van der Waals surface area contributed by atoms with Gasteiger partial charge in [0.1, 0.15) is 0 Å². The van der Waals surface area contributed by atoms with Gasteiger partial charge >= 0.3 is 0 Å². The standard InChI is InChI=1S/C6H8N2O2/c1-2-3-4-6(5-7)8(9)10/h2-5,7H,1H3/b3-2+,6-4+,7-5?. The van der Waals surface area contributed by atoms with Crippen LogP contribution in [0.2, 0.25) is 0 Å². The van der Waals surface area contributed by atoms with E-state index in [-0.39, 0.29) is 5.70 Å². The minimum Gasteiger partial charge on any atom is -0.302 e. The number of nitrogens with zero attached hydrogens (tertiary/aromatic N) is 1. The van der Waals surface area contributed by atoms with E-state index in [4.69, 9.17) is 5.41 Å². The molecule has 54 valence electrons. The number of nitro groups is 1. The van der Waals surface area contributed by atoms with Crippen molar-refractivity contribution >= 4 is 6.21 Å². The van der Waals surface area contributed by atoms with Gasteiger partial charge in [0.15, 0.2) is 0 Å². The monoisotopic (exact) mass is 140 g/mol. The molecule has 0 atom stereocenters. The molecule has 0 saturated heterocycles. The Morgan fingerprint density at radius 3 is 2.60 bits per heavy atom. The molecule has 10 heavy (non-hydrogen) atoms. The van der Waals surface area contributed by atoms with E-state index in [1.807, 2.05) is 0 Å². The highest BCUT2D eigenvalue weighted by Crippen LogP contribution is 1.90. The van der Waals surface area contributed by atoms with E-state index in [9.17, 15) is 10.1 Å². The first-order valence-electron chi connectivity index (χ1n) is 2.70. The van der Waals surface area contributed by atoms with Crippen molar-refractivity contribution in [3.05, 3.63) is 34.0 Å². The van der Waals surface area contributed by atoms with E-state index >= 15 is 0 Å². The number of nitrogens with one attached hydrogen (secondary N) is 1. The zero-order valence-corrected chi connectivity index (χ0v) is 5.57. The highest BCUT2D eigenvalue weighted by Gasteiger charge is 2.01. The van der Waals surface area contributed by atoms with E-state index in [1.165, 1.54) is 12.2 Å². The fourth-order valence-electron chi connectivity index (χ4n) is 0.356. The lowest BCUT2D eigenvalue weighted by Crippen LogP contribution is -1.97. The predicted molar refractivity (Wildman–Crippen MR) is 38.7 cm³/mol. The summed E-state index contributed by atoms with van der Waals surface area (Å²) in [6.45, 7) is 1.75. The van der Waals surface area contributed by atoms with Gasteiger partial charge in [0.25, 0.3) is 5.70 Å². The Hall–Kier alpha value is -1.45. The largest absolute Gasteiger partial charge is 0.302 e. The van der Waals surface area contributed by atoms with Crippen LogP contribution in [0.15, 0.2) is 23.9 Å². The summed E-state index contributed by atoms with van der Waals surface area (Å²) in [6, 6.07) is 0. The Morgan fingerprint density at radius 2 is 2.30 bits per heavy atom. The van der Waals surface area contributed by atoms with Crippen LogP contribution in [0.4, 0.5) is 0 Å². The molecule has 0 fully saturated rings. The average Bonchev–Trinajstić information content (AvgIpc) is 1.89. The van der Waals surface area contributed by atoms with Gasteiger partial charge in [0.05, 0.1) is 11.1 Å². The molecule has 0 aromatic carbocycles. The summed E-state index contributed by atoms with van der Waals surface area (Å²) < 4.78 is 0. The number of hydrogen-bond acceptors (Lipinski definition) is 3. The van der Waals surface area contributed by atoms with Crippen molar-refractivity contribution in [3.8, 4) is 0 Å². The molecule has 4 nitrogen and oxygen atoms in total. The maximum absolute atomic E-state index is 9.99. The normalized spacial score (nSPS) is 11.9. The van der Waals surface area contributed by atoms with Crippen molar-refractivity contribution < 1.29 is 4.92 Å². The number of allylic oxidation sites excluding steroid dienone is 4. The molecule has 0 heterocycles. The molecule has 0 amide bonds. The van der Waals surface area contributed by atoms with Crippen LogP contribution < -0.4 is 0 Å². The molecule has 0 unspecified atom stereocenters. The number of rotatable bonds is 3. The summed E-state index contributed by atoms with van der Waals surface area (Å²) >= 11 is 0. The first-order chi connectivity index (χ1) is 4.72. The SMILES string of the molecule is C/C=C/C=C(\C=N)[N+](=O)[O-]. The van der Waals surface area contributed by atoms with Gasteiger partial charge in [0.2, 0.25) is 0 Å². The molecule has 0 aliphatic carbocycles. The molecular formula is C6H8N2O2. The highest BCUT2D eigenvalue weighted by molar-refractivity contribution is 5.72. The van der Waals surface area contributed by atoms with Crippen LogP contribution in [0.1, 0.15) is 6.92 Å². The maximum atomic E-state index is 9.99. The fraction of sp³-hybridized carbons (Fsp3) is 0.167. The molecule has 0 bridgehead atoms. The predicted octanol–water partition coefficient (Wildman–Crippen LogP) is 1.37.